The van der Waals surface area contributed by atoms with Gasteiger partial charge in [-0.1, -0.05) is 79.9 Å². The highest BCUT2D eigenvalue weighted by Crippen LogP contribution is 2.69. The molecule has 4 fully saturated rings. The summed E-state index contributed by atoms with van der Waals surface area (Å²) in [5.41, 5.74) is 1.68. The van der Waals surface area contributed by atoms with Gasteiger partial charge in [0.15, 0.2) is 0 Å². The SMILES string of the molecule is CC[C@H]1CC2C3CC[C@H]([C@H](C)CCC(=O)NS(=O)(=O)c4cccc(C(C)(C)C)c4)[C@@]3(C)CCC2[C@@]2(C)CCCC[C@@H]12. The summed E-state index contributed by atoms with van der Waals surface area (Å²) >= 11 is 0. The molecule has 0 radical (unpaired) electrons. The Hall–Kier alpha value is -1.36. The van der Waals surface area contributed by atoms with Crippen molar-refractivity contribution in [2.24, 2.45) is 52.3 Å². The lowest BCUT2D eigenvalue weighted by Crippen LogP contribution is -2.55. The number of fused-ring (bicyclic) bond motifs is 5. The molecule has 5 heteroatoms. The quantitative estimate of drug-likeness (QED) is 0.349. The molecule has 1 amide bonds. The topological polar surface area (TPSA) is 63.2 Å². The van der Waals surface area contributed by atoms with E-state index < -0.39 is 10.0 Å². The molecule has 3 unspecified atom stereocenters. The minimum atomic E-state index is -3.88. The van der Waals surface area contributed by atoms with E-state index in [2.05, 4.69) is 53.2 Å². The fraction of sp³-hybridized carbons (Fsp3) is 0.806. The highest BCUT2D eigenvalue weighted by atomic mass is 32.2. The van der Waals surface area contributed by atoms with Crippen molar-refractivity contribution in [3.63, 3.8) is 0 Å². The van der Waals surface area contributed by atoms with Crippen LogP contribution in [0.15, 0.2) is 29.2 Å². The van der Waals surface area contributed by atoms with Gasteiger partial charge >= 0.3 is 0 Å². The molecule has 5 rings (SSSR count). The summed E-state index contributed by atoms with van der Waals surface area (Å²) in [5, 5.41) is 0. The zero-order valence-corrected chi connectivity index (χ0v) is 27.8. The fourth-order valence-electron chi connectivity index (χ4n) is 10.9. The first-order valence-corrected chi connectivity index (χ1v) is 18.3. The molecule has 4 aliphatic carbocycles. The van der Waals surface area contributed by atoms with Crippen LogP contribution in [-0.4, -0.2) is 14.3 Å². The van der Waals surface area contributed by atoms with Gasteiger partial charge in [0.25, 0.3) is 10.0 Å². The summed E-state index contributed by atoms with van der Waals surface area (Å²) in [4.78, 5) is 13.1. The van der Waals surface area contributed by atoms with Crippen LogP contribution in [0.2, 0.25) is 0 Å². The van der Waals surface area contributed by atoms with E-state index >= 15 is 0 Å². The number of carbonyl (C=O) groups excluding carboxylic acids is 1. The number of hydrogen-bond donors (Lipinski definition) is 1. The van der Waals surface area contributed by atoms with E-state index in [1.54, 1.807) is 18.2 Å². The van der Waals surface area contributed by atoms with Crippen LogP contribution in [0.1, 0.15) is 131 Å². The van der Waals surface area contributed by atoms with E-state index in [9.17, 15) is 13.2 Å². The third kappa shape index (κ3) is 5.67. The summed E-state index contributed by atoms with van der Waals surface area (Å²) in [6.07, 6.45) is 14.9. The van der Waals surface area contributed by atoms with Crippen LogP contribution in [0.4, 0.5) is 0 Å². The van der Waals surface area contributed by atoms with Gasteiger partial charge in [-0.3, -0.25) is 4.79 Å². The fourth-order valence-corrected chi connectivity index (χ4v) is 12.0. The number of rotatable bonds is 7. The molecule has 1 N–H and O–H groups in total. The number of carbonyl (C=O) groups is 1. The Labute approximate surface area is 251 Å². The summed E-state index contributed by atoms with van der Waals surface area (Å²) < 4.78 is 28.5. The normalized spacial score (nSPS) is 37.9. The molecule has 1 aromatic rings. The molecule has 0 saturated heterocycles. The second-order valence-electron chi connectivity index (χ2n) is 16.2. The van der Waals surface area contributed by atoms with Gasteiger partial charge in [-0.2, -0.15) is 0 Å². The van der Waals surface area contributed by atoms with E-state index in [-0.39, 0.29) is 22.6 Å². The average Bonchev–Trinajstić information content (AvgIpc) is 3.28. The van der Waals surface area contributed by atoms with Crippen molar-refractivity contribution >= 4 is 15.9 Å². The standard InChI is InChI=1S/C36H57NO3S/c1-8-25-22-28-31-17-16-29(36(31,7)21-19-32(28)35(6)20-10-9-14-30(25)35)24(2)15-18-33(38)37-41(39,40)27-13-11-12-26(23-27)34(3,4)5/h11-13,23-25,28-32H,8-10,14-22H2,1-7H3,(H,37,38)/t24-,25+,28?,29-,30+,31?,32?,35+,36-/m1/s1. The Morgan fingerprint density at radius 1 is 1.00 bits per heavy atom. The maximum Gasteiger partial charge on any atom is 0.264 e. The average molecular weight is 584 g/mol. The smallest absolute Gasteiger partial charge is 0.264 e. The Kier molecular flexibility index (Phi) is 8.56. The predicted molar refractivity (Wildman–Crippen MR) is 168 cm³/mol. The van der Waals surface area contributed by atoms with Gasteiger partial charge in [0, 0.05) is 6.42 Å². The molecule has 41 heavy (non-hydrogen) atoms. The summed E-state index contributed by atoms with van der Waals surface area (Å²) in [6, 6.07) is 6.97. The van der Waals surface area contributed by atoms with Crippen LogP contribution in [0.25, 0.3) is 0 Å². The lowest BCUT2D eigenvalue weighted by Gasteiger charge is -2.63. The molecule has 4 saturated carbocycles. The van der Waals surface area contributed by atoms with Gasteiger partial charge in [-0.15, -0.1) is 0 Å². The van der Waals surface area contributed by atoms with Crippen molar-refractivity contribution in [2.75, 3.05) is 0 Å². The van der Waals surface area contributed by atoms with Crippen molar-refractivity contribution in [1.82, 2.24) is 4.72 Å². The van der Waals surface area contributed by atoms with Crippen LogP contribution < -0.4 is 4.72 Å². The highest BCUT2D eigenvalue weighted by molar-refractivity contribution is 7.90. The van der Waals surface area contributed by atoms with Gasteiger partial charge in [0.1, 0.15) is 0 Å². The number of nitrogens with one attached hydrogen (secondary N) is 1. The van der Waals surface area contributed by atoms with Crippen molar-refractivity contribution in [2.45, 2.75) is 136 Å². The number of hydrogen-bond acceptors (Lipinski definition) is 3. The second-order valence-corrected chi connectivity index (χ2v) is 17.9. The maximum atomic E-state index is 13.0. The Balaban J connectivity index is 1.23. The van der Waals surface area contributed by atoms with E-state index in [4.69, 9.17) is 0 Å². The summed E-state index contributed by atoms with van der Waals surface area (Å²) in [7, 11) is -3.88. The number of benzene rings is 1. The zero-order chi connectivity index (χ0) is 29.8. The molecule has 4 aliphatic rings. The molecule has 4 nitrogen and oxygen atoms in total. The largest absolute Gasteiger partial charge is 0.274 e. The molecule has 0 heterocycles. The second kappa shape index (κ2) is 11.3. The minimum Gasteiger partial charge on any atom is -0.274 e. The summed E-state index contributed by atoms with van der Waals surface area (Å²) in [5.74, 6) is 5.08. The first kappa shape index (κ1) is 31.1. The number of sulfonamides is 1. The third-order valence-corrected chi connectivity index (χ3v) is 14.5. The van der Waals surface area contributed by atoms with Crippen LogP contribution in [-0.2, 0) is 20.2 Å². The van der Waals surface area contributed by atoms with Gasteiger partial charge in [0.05, 0.1) is 4.90 Å². The molecule has 0 aromatic heterocycles. The van der Waals surface area contributed by atoms with Crippen molar-refractivity contribution < 1.29 is 13.2 Å². The van der Waals surface area contributed by atoms with Crippen LogP contribution in [0.3, 0.4) is 0 Å². The van der Waals surface area contributed by atoms with E-state index in [1.807, 2.05) is 6.07 Å². The van der Waals surface area contributed by atoms with Gasteiger partial charge in [-0.05, 0) is 127 Å². The molecule has 230 valence electrons. The van der Waals surface area contributed by atoms with Crippen molar-refractivity contribution in [3.05, 3.63) is 29.8 Å². The Morgan fingerprint density at radius 2 is 1.73 bits per heavy atom. The molecule has 1 aromatic carbocycles. The Bertz CT molecular complexity index is 1220. The molecular weight excluding hydrogens is 526 g/mol. The minimum absolute atomic E-state index is 0.162. The van der Waals surface area contributed by atoms with E-state index in [0.717, 1.165) is 41.6 Å². The van der Waals surface area contributed by atoms with Gasteiger partial charge in [0.2, 0.25) is 5.91 Å². The first-order chi connectivity index (χ1) is 19.2. The number of amides is 1. The van der Waals surface area contributed by atoms with Crippen LogP contribution >= 0.6 is 0 Å². The zero-order valence-electron chi connectivity index (χ0n) is 27.0. The van der Waals surface area contributed by atoms with E-state index in [0.29, 0.717) is 22.7 Å². The van der Waals surface area contributed by atoms with Gasteiger partial charge in [-0.25, -0.2) is 13.1 Å². The lowest BCUT2D eigenvalue weighted by molar-refractivity contribution is -0.138. The predicted octanol–water partition coefficient (Wildman–Crippen LogP) is 8.89. The summed E-state index contributed by atoms with van der Waals surface area (Å²) in [6.45, 7) is 16.2. The molecule has 9 atom stereocenters. The monoisotopic (exact) mass is 583 g/mol. The molecule has 0 spiro atoms. The van der Waals surface area contributed by atoms with Crippen molar-refractivity contribution in [3.8, 4) is 0 Å². The Morgan fingerprint density at radius 3 is 2.44 bits per heavy atom. The molecule has 0 bridgehead atoms. The molecule has 0 aliphatic heterocycles. The molecular formula is C36H57NO3S. The third-order valence-electron chi connectivity index (χ3n) is 13.1. The lowest BCUT2D eigenvalue weighted by atomic mass is 9.42. The van der Waals surface area contributed by atoms with Gasteiger partial charge < -0.3 is 0 Å². The highest BCUT2D eigenvalue weighted by Gasteiger charge is 2.61. The first-order valence-electron chi connectivity index (χ1n) is 16.9. The van der Waals surface area contributed by atoms with Crippen LogP contribution in [0, 0.1) is 52.3 Å². The van der Waals surface area contributed by atoms with Crippen molar-refractivity contribution in [1.29, 1.82) is 0 Å². The maximum absolute atomic E-state index is 13.0. The van der Waals surface area contributed by atoms with E-state index in [1.165, 1.54) is 64.2 Å². The van der Waals surface area contributed by atoms with Crippen LogP contribution in [0.5, 0.6) is 0 Å².